The van der Waals surface area contributed by atoms with Crippen LogP contribution in [0.5, 0.6) is 17.2 Å². The molecule has 0 radical (unpaired) electrons. The largest absolute Gasteiger partial charge is 0.508 e. The molecule has 0 saturated carbocycles. The molecule has 0 heterocycles. The number of phenols is 2. The molecule has 5 heteroatoms. The second kappa shape index (κ2) is 7.97. The van der Waals surface area contributed by atoms with Crippen molar-refractivity contribution in [1.82, 2.24) is 0 Å². The third-order valence-electron chi connectivity index (χ3n) is 3.48. The van der Waals surface area contributed by atoms with Crippen LogP contribution in [0.3, 0.4) is 0 Å². The Morgan fingerprint density at radius 1 is 1.00 bits per heavy atom. The van der Waals surface area contributed by atoms with Crippen molar-refractivity contribution in [3.05, 3.63) is 65.2 Å². The molecule has 0 spiro atoms. The highest BCUT2D eigenvalue weighted by molar-refractivity contribution is 6.27. The number of hydrogen-bond acceptors (Lipinski definition) is 5. The number of Topliss-reactive ketones (excluding diaryl/α,β-unsaturated/α-hetero) is 1. The van der Waals surface area contributed by atoms with Crippen molar-refractivity contribution in [3.63, 3.8) is 0 Å². The maximum absolute atomic E-state index is 12.3. The molecule has 25 heavy (non-hydrogen) atoms. The first kappa shape index (κ1) is 18.0. The smallest absolute Gasteiger partial charge is 0.189 e. The number of carbonyl (C=O) groups is 2. The average molecular weight is 338 g/mol. The Hall–Kier alpha value is -3.34. The lowest BCUT2D eigenvalue weighted by molar-refractivity contribution is -0.118. The number of ether oxygens (including phenoxy) is 1. The summed E-state index contributed by atoms with van der Waals surface area (Å²) in [6.07, 6.45) is 4.32. The molecule has 2 rings (SSSR count). The number of benzene rings is 2. The Morgan fingerprint density at radius 2 is 1.64 bits per heavy atom. The van der Waals surface area contributed by atoms with E-state index in [2.05, 4.69) is 0 Å². The lowest BCUT2D eigenvalue weighted by Gasteiger charge is -2.05. The maximum atomic E-state index is 12.3. The Labute approximate surface area is 145 Å². The summed E-state index contributed by atoms with van der Waals surface area (Å²) in [5.74, 6) is -0.444. The molecule has 128 valence electrons. The van der Waals surface area contributed by atoms with Gasteiger partial charge in [-0.05, 0) is 54.5 Å². The second-order valence-corrected chi connectivity index (χ2v) is 5.33. The molecule has 0 saturated heterocycles. The summed E-state index contributed by atoms with van der Waals surface area (Å²) >= 11 is 0. The van der Waals surface area contributed by atoms with Gasteiger partial charge in [0, 0.05) is 0 Å². The maximum Gasteiger partial charge on any atom is 0.189 e. The van der Waals surface area contributed by atoms with Gasteiger partial charge in [0.15, 0.2) is 23.1 Å². The standard InChI is InChI=1S/C20H18O5/c1-13(21)17(11-15-6-10-19(24)20(12-15)25-2)18(23)9-5-14-3-7-16(22)8-4-14/h3-12,22,24H,1-2H3. The predicted molar refractivity (Wildman–Crippen MR) is 95.5 cm³/mol. The van der Waals surface area contributed by atoms with E-state index in [4.69, 9.17) is 4.74 Å². The summed E-state index contributed by atoms with van der Waals surface area (Å²) in [7, 11) is 1.42. The molecular formula is C20H18O5. The first-order chi connectivity index (χ1) is 11.9. The molecule has 2 N–H and O–H groups in total. The third-order valence-corrected chi connectivity index (χ3v) is 3.48. The topological polar surface area (TPSA) is 83.8 Å². The fourth-order valence-electron chi connectivity index (χ4n) is 2.14. The van der Waals surface area contributed by atoms with Gasteiger partial charge in [0.2, 0.25) is 0 Å². The Bertz CT molecular complexity index is 845. The molecule has 0 aliphatic carbocycles. The molecule has 2 aromatic carbocycles. The van der Waals surface area contributed by atoms with Crippen molar-refractivity contribution in [3.8, 4) is 17.2 Å². The monoisotopic (exact) mass is 338 g/mol. The zero-order valence-corrected chi connectivity index (χ0v) is 13.9. The van der Waals surface area contributed by atoms with Crippen molar-refractivity contribution in [2.24, 2.45) is 0 Å². The summed E-state index contributed by atoms with van der Waals surface area (Å²) in [5, 5.41) is 18.9. The van der Waals surface area contributed by atoms with Crippen molar-refractivity contribution in [2.45, 2.75) is 6.92 Å². The zero-order chi connectivity index (χ0) is 18.4. The van der Waals surface area contributed by atoms with Crippen LogP contribution in [-0.2, 0) is 9.59 Å². The fourth-order valence-corrected chi connectivity index (χ4v) is 2.14. The number of rotatable bonds is 6. The number of phenolic OH excluding ortho intramolecular Hbond substituents is 2. The summed E-state index contributed by atoms with van der Waals surface area (Å²) < 4.78 is 5.02. The highest BCUT2D eigenvalue weighted by Gasteiger charge is 2.12. The SMILES string of the molecule is COc1cc(C=C(C(C)=O)C(=O)C=Cc2ccc(O)cc2)ccc1O. The predicted octanol–water partition coefficient (Wildman–Crippen LogP) is 3.36. The molecule has 0 fully saturated rings. The van der Waals surface area contributed by atoms with Gasteiger partial charge in [0.05, 0.1) is 12.7 Å². The van der Waals surface area contributed by atoms with Gasteiger partial charge in [-0.15, -0.1) is 0 Å². The molecule has 0 atom stereocenters. The van der Waals surface area contributed by atoms with Crippen LogP contribution in [0.1, 0.15) is 18.1 Å². The molecule has 0 aliphatic heterocycles. The van der Waals surface area contributed by atoms with Gasteiger partial charge < -0.3 is 14.9 Å². The van der Waals surface area contributed by atoms with Crippen molar-refractivity contribution in [2.75, 3.05) is 7.11 Å². The summed E-state index contributed by atoms with van der Waals surface area (Å²) in [6, 6.07) is 10.9. The van der Waals surface area contributed by atoms with Gasteiger partial charge in [-0.3, -0.25) is 9.59 Å². The van der Waals surface area contributed by atoms with Gasteiger partial charge in [0.1, 0.15) is 5.75 Å². The molecule has 0 unspecified atom stereocenters. The van der Waals surface area contributed by atoms with Crippen LogP contribution >= 0.6 is 0 Å². The average Bonchev–Trinajstić information content (AvgIpc) is 2.59. The number of methoxy groups -OCH3 is 1. The van der Waals surface area contributed by atoms with Gasteiger partial charge in [-0.2, -0.15) is 0 Å². The number of allylic oxidation sites excluding steroid dienone is 2. The molecule has 0 amide bonds. The Balaban J connectivity index is 2.29. The van der Waals surface area contributed by atoms with E-state index in [-0.39, 0.29) is 28.6 Å². The van der Waals surface area contributed by atoms with E-state index in [9.17, 15) is 19.8 Å². The van der Waals surface area contributed by atoms with Crippen molar-refractivity contribution >= 4 is 23.7 Å². The number of hydrogen-bond donors (Lipinski definition) is 2. The lowest BCUT2D eigenvalue weighted by atomic mass is 10.0. The molecular weight excluding hydrogens is 320 g/mol. The number of aromatic hydroxyl groups is 2. The summed E-state index contributed by atoms with van der Waals surface area (Å²) in [5.41, 5.74) is 1.30. The van der Waals surface area contributed by atoms with Crippen molar-refractivity contribution < 1.29 is 24.5 Å². The van der Waals surface area contributed by atoms with Crippen LogP contribution in [0.25, 0.3) is 12.2 Å². The third kappa shape index (κ3) is 4.81. The van der Waals surface area contributed by atoms with Crippen LogP contribution in [-0.4, -0.2) is 28.9 Å². The minimum absolute atomic E-state index is 0.0165. The highest BCUT2D eigenvalue weighted by Crippen LogP contribution is 2.27. The van der Waals surface area contributed by atoms with Crippen LogP contribution in [0.15, 0.2) is 54.1 Å². The quantitative estimate of drug-likeness (QED) is 0.479. The van der Waals surface area contributed by atoms with Gasteiger partial charge in [0.25, 0.3) is 0 Å². The van der Waals surface area contributed by atoms with E-state index in [0.717, 1.165) is 5.56 Å². The number of carbonyl (C=O) groups excluding carboxylic acids is 2. The molecule has 5 nitrogen and oxygen atoms in total. The van der Waals surface area contributed by atoms with E-state index in [1.54, 1.807) is 24.3 Å². The molecule has 0 aliphatic rings. The molecule has 0 aromatic heterocycles. The normalized spacial score (nSPS) is 11.5. The zero-order valence-electron chi connectivity index (χ0n) is 13.9. The Kier molecular flexibility index (Phi) is 5.74. The van der Waals surface area contributed by atoms with E-state index in [1.807, 2.05) is 0 Å². The van der Waals surface area contributed by atoms with Crippen LogP contribution in [0, 0.1) is 0 Å². The first-order valence-corrected chi connectivity index (χ1v) is 7.52. The fraction of sp³-hybridized carbons (Fsp3) is 0.100. The van der Waals surface area contributed by atoms with Gasteiger partial charge in [-0.25, -0.2) is 0 Å². The van der Waals surface area contributed by atoms with Crippen molar-refractivity contribution in [1.29, 1.82) is 0 Å². The first-order valence-electron chi connectivity index (χ1n) is 7.52. The lowest BCUT2D eigenvalue weighted by Crippen LogP contribution is -2.07. The second-order valence-electron chi connectivity index (χ2n) is 5.33. The molecule has 2 aromatic rings. The van der Waals surface area contributed by atoms with Gasteiger partial charge >= 0.3 is 0 Å². The number of ketones is 2. The van der Waals surface area contributed by atoms with Gasteiger partial charge in [-0.1, -0.05) is 24.3 Å². The van der Waals surface area contributed by atoms with Crippen LogP contribution in [0.2, 0.25) is 0 Å². The van der Waals surface area contributed by atoms with Crippen LogP contribution < -0.4 is 4.74 Å². The summed E-state index contributed by atoms with van der Waals surface area (Å²) in [6.45, 7) is 1.32. The minimum atomic E-state index is -0.437. The van der Waals surface area contributed by atoms with E-state index in [0.29, 0.717) is 5.56 Å². The highest BCUT2D eigenvalue weighted by atomic mass is 16.5. The van der Waals surface area contributed by atoms with E-state index in [1.165, 1.54) is 50.5 Å². The summed E-state index contributed by atoms with van der Waals surface area (Å²) in [4.78, 5) is 24.2. The minimum Gasteiger partial charge on any atom is -0.508 e. The Morgan fingerprint density at radius 3 is 2.24 bits per heavy atom. The van der Waals surface area contributed by atoms with Crippen LogP contribution in [0.4, 0.5) is 0 Å². The van der Waals surface area contributed by atoms with E-state index >= 15 is 0 Å². The van der Waals surface area contributed by atoms with E-state index < -0.39 is 5.78 Å². The molecule has 0 bridgehead atoms.